The van der Waals surface area contributed by atoms with E-state index in [4.69, 9.17) is 4.74 Å². The van der Waals surface area contributed by atoms with E-state index in [1.807, 2.05) is 30.3 Å². The zero-order valence-corrected chi connectivity index (χ0v) is 14.5. The van der Waals surface area contributed by atoms with Crippen molar-refractivity contribution in [3.05, 3.63) is 36.5 Å². The summed E-state index contributed by atoms with van der Waals surface area (Å²) < 4.78 is 6.41. The van der Waals surface area contributed by atoms with E-state index in [2.05, 4.69) is 15.6 Å². The summed E-state index contributed by atoms with van der Waals surface area (Å²) in [4.78, 5) is 23.1. The van der Waals surface area contributed by atoms with Crippen LogP contribution in [0.25, 0.3) is 11.3 Å². The van der Waals surface area contributed by atoms with Crippen LogP contribution in [0.3, 0.4) is 0 Å². The first-order chi connectivity index (χ1) is 11.8. The minimum Gasteiger partial charge on any atom is -0.480 e. The van der Waals surface area contributed by atoms with Crippen LogP contribution in [0, 0.1) is 0 Å². The number of carboxylic acid groups (broad SMARTS) is 1. The van der Waals surface area contributed by atoms with Gasteiger partial charge < -0.3 is 15.2 Å². The Morgan fingerprint density at radius 1 is 1.28 bits per heavy atom. The summed E-state index contributed by atoms with van der Waals surface area (Å²) in [7, 11) is 0. The van der Waals surface area contributed by atoms with Crippen LogP contribution in [0.5, 0.6) is 0 Å². The lowest BCUT2D eigenvalue weighted by molar-refractivity contribution is -0.141. The third-order valence-corrected chi connectivity index (χ3v) is 3.27. The van der Waals surface area contributed by atoms with Crippen molar-refractivity contribution in [1.82, 2.24) is 20.3 Å². The Labute approximate surface area is 145 Å². The smallest absolute Gasteiger partial charge is 0.407 e. The van der Waals surface area contributed by atoms with Gasteiger partial charge in [0.1, 0.15) is 11.3 Å². The highest BCUT2D eigenvalue weighted by Gasteiger charge is 2.22. The number of ether oxygens (including phenoxy) is 1. The summed E-state index contributed by atoms with van der Waals surface area (Å²) in [6.07, 6.45) is 1.16. The monoisotopic (exact) mass is 346 g/mol. The van der Waals surface area contributed by atoms with Gasteiger partial charge in [-0.05, 0) is 27.2 Å². The molecule has 134 valence electrons. The van der Waals surface area contributed by atoms with E-state index >= 15 is 0 Å². The summed E-state index contributed by atoms with van der Waals surface area (Å²) >= 11 is 0. The van der Waals surface area contributed by atoms with Crippen LogP contribution in [0.15, 0.2) is 36.5 Å². The van der Waals surface area contributed by atoms with Gasteiger partial charge in [0.2, 0.25) is 0 Å². The molecule has 1 amide bonds. The minimum atomic E-state index is -1.05. The molecular formula is C17H22N4O4. The second-order valence-corrected chi connectivity index (χ2v) is 6.52. The Bertz CT molecular complexity index is 722. The maximum absolute atomic E-state index is 11.6. The highest BCUT2D eigenvalue weighted by Crippen LogP contribution is 2.18. The SMILES string of the molecule is CC(C)(C)OC(=O)NCCC(C(=O)O)n1cc(-c2ccccc2)nn1. The lowest BCUT2D eigenvalue weighted by atomic mass is 10.1. The molecule has 1 aromatic carbocycles. The van der Waals surface area contributed by atoms with Crippen LogP contribution in [-0.4, -0.2) is 44.3 Å². The Hall–Kier alpha value is -2.90. The Morgan fingerprint density at radius 3 is 2.56 bits per heavy atom. The molecule has 0 spiro atoms. The molecule has 2 aromatic rings. The fourth-order valence-electron chi connectivity index (χ4n) is 2.16. The van der Waals surface area contributed by atoms with E-state index in [1.54, 1.807) is 27.0 Å². The standard InChI is InChI=1S/C17H22N4O4/c1-17(2,3)25-16(24)18-10-9-14(15(22)23)21-11-13(19-20-21)12-7-5-4-6-8-12/h4-8,11,14H,9-10H2,1-3H3,(H,18,24)(H,22,23). The molecule has 0 aliphatic rings. The quantitative estimate of drug-likeness (QED) is 0.832. The molecule has 0 saturated heterocycles. The van der Waals surface area contributed by atoms with Gasteiger partial charge in [-0.3, -0.25) is 0 Å². The number of benzene rings is 1. The van der Waals surface area contributed by atoms with E-state index in [0.717, 1.165) is 5.56 Å². The average Bonchev–Trinajstić information content (AvgIpc) is 3.00. The van der Waals surface area contributed by atoms with Gasteiger partial charge in [-0.25, -0.2) is 14.3 Å². The van der Waals surface area contributed by atoms with Crippen molar-refractivity contribution >= 4 is 12.1 Å². The summed E-state index contributed by atoms with van der Waals surface area (Å²) in [5, 5.41) is 19.9. The van der Waals surface area contributed by atoms with Gasteiger partial charge in [-0.1, -0.05) is 35.5 Å². The van der Waals surface area contributed by atoms with Crippen LogP contribution in [0.2, 0.25) is 0 Å². The van der Waals surface area contributed by atoms with Gasteiger partial charge in [0.25, 0.3) is 0 Å². The zero-order valence-electron chi connectivity index (χ0n) is 14.5. The van der Waals surface area contributed by atoms with Crippen molar-refractivity contribution in [1.29, 1.82) is 0 Å². The van der Waals surface area contributed by atoms with Crippen molar-refractivity contribution < 1.29 is 19.4 Å². The van der Waals surface area contributed by atoms with Crippen LogP contribution >= 0.6 is 0 Å². The number of hydrogen-bond acceptors (Lipinski definition) is 5. The molecule has 0 fully saturated rings. The summed E-state index contributed by atoms with van der Waals surface area (Å²) in [5.74, 6) is -1.05. The number of nitrogens with zero attached hydrogens (tertiary/aromatic N) is 3. The number of rotatable bonds is 6. The van der Waals surface area contributed by atoms with Gasteiger partial charge in [-0.15, -0.1) is 5.10 Å². The predicted octanol–water partition coefficient (Wildman–Crippen LogP) is 2.49. The van der Waals surface area contributed by atoms with E-state index in [1.165, 1.54) is 4.68 Å². The summed E-state index contributed by atoms with van der Waals surface area (Å²) in [5.41, 5.74) is 0.837. The number of aromatic nitrogens is 3. The minimum absolute atomic E-state index is 0.145. The summed E-state index contributed by atoms with van der Waals surface area (Å²) in [6, 6.07) is 8.43. The molecule has 1 heterocycles. The van der Waals surface area contributed by atoms with E-state index in [9.17, 15) is 14.7 Å². The maximum atomic E-state index is 11.6. The van der Waals surface area contributed by atoms with Crippen molar-refractivity contribution in [3.63, 3.8) is 0 Å². The molecule has 2 N–H and O–H groups in total. The van der Waals surface area contributed by atoms with Crippen LogP contribution in [0.1, 0.15) is 33.2 Å². The third-order valence-electron chi connectivity index (χ3n) is 3.27. The number of alkyl carbamates (subject to hydrolysis) is 1. The van der Waals surface area contributed by atoms with Crippen molar-refractivity contribution in [2.75, 3.05) is 6.54 Å². The highest BCUT2D eigenvalue weighted by atomic mass is 16.6. The molecule has 8 nitrogen and oxygen atoms in total. The first-order valence-corrected chi connectivity index (χ1v) is 7.93. The molecule has 1 unspecified atom stereocenters. The largest absolute Gasteiger partial charge is 0.480 e. The molecule has 0 aliphatic carbocycles. The molecule has 25 heavy (non-hydrogen) atoms. The van der Waals surface area contributed by atoms with Gasteiger partial charge in [0.15, 0.2) is 6.04 Å². The maximum Gasteiger partial charge on any atom is 0.407 e. The molecule has 8 heteroatoms. The van der Waals surface area contributed by atoms with E-state index in [-0.39, 0.29) is 13.0 Å². The third kappa shape index (κ3) is 5.59. The predicted molar refractivity (Wildman–Crippen MR) is 91.0 cm³/mol. The molecular weight excluding hydrogens is 324 g/mol. The van der Waals surface area contributed by atoms with Crippen molar-refractivity contribution in [3.8, 4) is 11.3 Å². The summed E-state index contributed by atoms with van der Waals surface area (Å²) in [6.45, 7) is 5.42. The molecule has 0 saturated carbocycles. The second-order valence-electron chi connectivity index (χ2n) is 6.52. The number of amides is 1. The lowest BCUT2D eigenvalue weighted by Crippen LogP contribution is -2.34. The first-order valence-electron chi connectivity index (χ1n) is 7.93. The van der Waals surface area contributed by atoms with Crippen LogP contribution in [-0.2, 0) is 9.53 Å². The Balaban J connectivity index is 1.98. The van der Waals surface area contributed by atoms with Gasteiger partial charge >= 0.3 is 12.1 Å². The average molecular weight is 346 g/mol. The highest BCUT2D eigenvalue weighted by molar-refractivity contribution is 5.72. The van der Waals surface area contributed by atoms with Crippen LogP contribution < -0.4 is 5.32 Å². The van der Waals surface area contributed by atoms with Crippen molar-refractivity contribution in [2.45, 2.75) is 38.8 Å². The fourth-order valence-corrected chi connectivity index (χ4v) is 2.16. The zero-order chi connectivity index (χ0) is 18.4. The Kier molecular flexibility index (Phi) is 5.74. The van der Waals surface area contributed by atoms with E-state index in [0.29, 0.717) is 5.69 Å². The van der Waals surface area contributed by atoms with Gasteiger partial charge in [-0.2, -0.15) is 0 Å². The van der Waals surface area contributed by atoms with Gasteiger partial charge in [0.05, 0.1) is 6.20 Å². The number of aliphatic carboxylic acids is 1. The van der Waals surface area contributed by atoms with Crippen molar-refractivity contribution in [2.24, 2.45) is 0 Å². The Morgan fingerprint density at radius 2 is 1.96 bits per heavy atom. The number of hydrogen-bond donors (Lipinski definition) is 2. The molecule has 0 aliphatic heterocycles. The number of nitrogens with one attached hydrogen (secondary N) is 1. The normalized spacial score (nSPS) is 12.4. The fraction of sp³-hybridized carbons (Fsp3) is 0.412. The van der Waals surface area contributed by atoms with Gasteiger partial charge in [0, 0.05) is 12.1 Å². The first kappa shape index (κ1) is 18.4. The number of carbonyl (C=O) groups excluding carboxylic acids is 1. The molecule has 1 aromatic heterocycles. The topological polar surface area (TPSA) is 106 Å². The van der Waals surface area contributed by atoms with Crippen LogP contribution in [0.4, 0.5) is 4.79 Å². The lowest BCUT2D eigenvalue weighted by Gasteiger charge is -2.20. The molecule has 2 rings (SSSR count). The molecule has 1 atom stereocenters. The molecule has 0 radical (unpaired) electrons. The second kappa shape index (κ2) is 7.78. The molecule has 0 bridgehead atoms. The number of carbonyl (C=O) groups is 2. The number of carboxylic acids is 1. The van der Waals surface area contributed by atoms with E-state index < -0.39 is 23.7 Å².